The van der Waals surface area contributed by atoms with E-state index in [-0.39, 0.29) is 5.91 Å². The zero-order valence-electron chi connectivity index (χ0n) is 22.5. The van der Waals surface area contributed by atoms with Gasteiger partial charge in [-0.25, -0.2) is 4.98 Å². The number of para-hydroxylation sites is 2. The van der Waals surface area contributed by atoms with E-state index in [4.69, 9.17) is 21.3 Å². The number of ether oxygens (including phenoxy) is 1. The Morgan fingerprint density at radius 1 is 0.947 bits per heavy atom. The molecule has 3 aromatic carbocycles. The SMILES string of the molecule is Cc1ccc(OCCCCn2c(CCCCCNC(=O)Cc3ccccc3Cl)nc3ccccc32)c(C)c1. The van der Waals surface area contributed by atoms with E-state index in [1.165, 1.54) is 16.6 Å². The lowest BCUT2D eigenvalue weighted by Gasteiger charge is -2.12. The number of nitrogens with zero attached hydrogens (tertiary/aromatic N) is 2. The van der Waals surface area contributed by atoms with Crippen LogP contribution >= 0.6 is 11.6 Å². The minimum Gasteiger partial charge on any atom is -0.493 e. The third kappa shape index (κ3) is 7.84. The van der Waals surface area contributed by atoms with Crippen molar-refractivity contribution in [2.75, 3.05) is 13.2 Å². The maximum atomic E-state index is 12.2. The summed E-state index contributed by atoms with van der Waals surface area (Å²) in [4.78, 5) is 17.2. The first kappa shape index (κ1) is 27.7. The van der Waals surface area contributed by atoms with Crippen LogP contribution in [0.15, 0.2) is 66.7 Å². The van der Waals surface area contributed by atoms with E-state index in [0.717, 1.165) is 67.7 Å². The predicted octanol–water partition coefficient (Wildman–Crippen LogP) is 7.24. The van der Waals surface area contributed by atoms with Gasteiger partial charge in [0, 0.05) is 24.5 Å². The molecule has 0 unspecified atom stereocenters. The molecule has 4 aromatic rings. The molecule has 200 valence electrons. The molecule has 1 aromatic heterocycles. The number of carbonyl (C=O) groups excluding carboxylic acids is 1. The normalized spacial score (nSPS) is 11.1. The van der Waals surface area contributed by atoms with Crippen molar-refractivity contribution >= 4 is 28.5 Å². The van der Waals surface area contributed by atoms with E-state index in [1.54, 1.807) is 0 Å². The quantitative estimate of drug-likeness (QED) is 0.174. The van der Waals surface area contributed by atoms with Crippen LogP contribution in [0.5, 0.6) is 5.75 Å². The average Bonchev–Trinajstić information content (AvgIpc) is 3.25. The third-order valence-electron chi connectivity index (χ3n) is 6.81. The second kappa shape index (κ2) is 14.0. The average molecular weight is 532 g/mol. The van der Waals surface area contributed by atoms with Crippen molar-refractivity contribution in [2.24, 2.45) is 0 Å². The third-order valence-corrected chi connectivity index (χ3v) is 7.17. The highest BCUT2D eigenvalue weighted by atomic mass is 35.5. The van der Waals surface area contributed by atoms with Gasteiger partial charge in [-0.05, 0) is 74.9 Å². The maximum absolute atomic E-state index is 12.2. The van der Waals surface area contributed by atoms with Crippen molar-refractivity contribution in [1.29, 1.82) is 0 Å². The minimum absolute atomic E-state index is 0.0152. The van der Waals surface area contributed by atoms with Crippen LogP contribution in [0.1, 0.15) is 54.6 Å². The molecule has 0 saturated heterocycles. The fourth-order valence-electron chi connectivity index (χ4n) is 4.77. The summed E-state index contributed by atoms with van der Waals surface area (Å²) in [5.74, 6) is 2.13. The van der Waals surface area contributed by atoms with Crippen LogP contribution in [-0.2, 0) is 24.2 Å². The van der Waals surface area contributed by atoms with Crippen molar-refractivity contribution in [2.45, 2.75) is 65.3 Å². The lowest BCUT2D eigenvalue weighted by molar-refractivity contribution is -0.120. The van der Waals surface area contributed by atoms with Gasteiger partial charge in [0.2, 0.25) is 5.91 Å². The number of amides is 1. The van der Waals surface area contributed by atoms with Crippen LogP contribution in [0.4, 0.5) is 0 Å². The second-order valence-corrected chi connectivity index (χ2v) is 10.3. The summed E-state index contributed by atoms with van der Waals surface area (Å²) in [6, 6.07) is 22.2. The van der Waals surface area contributed by atoms with Gasteiger partial charge in [0.1, 0.15) is 11.6 Å². The molecule has 0 aliphatic heterocycles. The highest BCUT2D eigenvalue weighted by Crippen LogP contribution is 2.21. The van der Waals surface area contributed by atoms with E-state index in [1.807, 2.05) is 30.3 Å². The van der Waals surface area contributed by atoms with Crippen molar-refractivity contribution < 1.29 is 9.53 Å². The van der Waals surface area contributed by atoms with Crippen LogP contribution < -0.4 is 10.1 Å². The first-order chi connectivity index (χ1) is 18.5. The number of benzene rings is 3. The first-order valence-corrected chi connectivity index (χ1v) is 14.0. The molecule has 4 rings (SSSR count). The number of fused-ring (bicyclic) bond motifs is 1. The summed E-state index contributed by atoms with van der Waals surface area (Å²) >= 11 is 6.16. The molecular formula is C32H38ClN3O2. The minimum atomic E-state index is 0.0152. The zero-order valence-corrected chi connectivity index (χ0v) is 23.3. The molecule has 0 saturated carbocycles. The van der Waals surface area contributed by atoms with E-state index in [2.05, 4.69) is 60.1 Å². The fourth-order valence-corrected chi connectivity index (χ4v) is 4.97. The number of hydrogen-bond donors (Lipinski definition) is 1. The highest BCUT2D eigenvalue weighted by molar-refractivity contribution is 6.31. The standard InChI is InChI=1S/C32H38ClN3O2/c1-24-17-18-30(25(2)22-24)38-21-11-10-20-36-29-15-8-7-14-28(29)35-31(36)16-4-3-9-19-34-32(37)23-26-12-5-6-13-27(26)33/h5-8,12-15,17-18,22H,3-4,9-11,16,19-21,23H2,1-2H3,(H,34,37). The van der Waals surface area contributed by atoms with Crippen LogP contribution in [0.25, 0.3) is 11.0 Å². The van der Waals surface area contributed by atoms with Crippen molar-refractivity contribution in [1.82, 2.24) is 14.9 Å². The number of hydrogen-bond acceptors (Lipinski definition) is 3. The van der Waals surface area contributed by atoms with Crippen molar-refractivity contribution in [3.8, 4) is 5.75 Å². The van der Waals surface area contributed by atoms with Gasteiger partial charge >= 0.3 is 0 Å². The first-order valence-electron chi connectivity index (χ1n) is 13.7. The lowest BCUT2D eigenvalue weighted by Crippen LogP contribution is -2.26. The number of aromatic nitrogens is 2. The molecule has 38 heavy (non-hydrogen) atoms. The molecular weight excluding hydrogens is 494 g/mol. The zero-order chi connectivity index (χ0) is 26.7. The highest BCUT2D eigenvalue weighted by Gasteiger charge is 2.11. The summed E-state index contributed by atoms with van der Waals surface area (Å²) in [7, 11) is 0. The Labute approximate surface area is 231 Å². The van der Waals surface area contributed by atoms with E-state index < -0.39 is 0 Å². The molecule has 0 fully saturated rings. The Morgan fingerprint density at radius 3 is 2.61 bits per heavy atom. The van der Waals surface area contributed by atoms with E-state index in [9.17, 15) is 4.79 Å². The number of unbranched alkanes of at least 4 members (excludes halogenated alkanes) is 3. The Bertz CT molecular complexity index is 1350. The topological polar surface area (TPSA) is 56.1 Å². The Hall–Kier alpha value is -3.31. The molecule has 5 nitrogen and oxygen atoms in total. The van der Waals surface area contributed by atoms with Crippen LogP contribution in [0.2, 0.25) is 5.02 Å². The molecule has 0 aliphatic rings. The number of aryl methyl sites for hydroxylation is 4. The Balaban J connectivity index is 1.20. The van der Waals surface area contributed by atoms with Gasteiger partial charge in [-0.2, -0.15) is 0 Å². The number of carbonyl (C=O) groups is 1. The molecule has 1 N–H and O–H groups in total. The lowest BCUT2D eigenvalue weighted by atomic mass is 10.1. The Morgan fingerprint density at radius 2 is 1.76 bits per heavy atom. The molecule has 1 amide bonds. The molecule has 1 heterocycles. The molecule has 0 aliphatic carbocycles. The monoisotopic (exact) mass is 531 g/mol. The van der Waals surface area contributed by atoms with Crippen molar-refractivity contribution in [3.05, 3.63) is 94.3 Å². The largest absolute Gasteiger partial charge is 0.493 e. The van der Waals surface area contributed by atoms with Gasteiger partial charge in [0.05, 0.1) is 24.1 Å². The van der Waals surface area contributed by atoms with Gasteiger partial charge < -0.3 is 14.6 Å². The van der Waals surface area contributed by atoms with Gasteiger partial charge in [0.25, 0.3) is 0 Å². The Kier molecular flexibility index (Phi) is 10.2. The predicted molar refractivity (Wildman–Crippen MR) is 156 cm³/mol. The summed E-state index contributed by atoms with van der Waals surface area (Å²) in [6.07, 6.45) is 6.31. The summed E-state index contributed by atoms with van der Waals surface area (Å²) in [5, 5.41) is 3.66. The molecule has 0 atom stereocenters. The van der Waals surface area contributed by atoms with Gasteiger partial charge in [-0.15, -0.1) is 0 Å². The molecule has 6 heteroatoms. The molecule has 0 bridgehead atoms. The number of imidazole rings is 1. The van der Waals surface area contributed by atoms with Gasteiger partial charge in [-0.1, -0.05) is 66.0 Å². The molecule has 0 spiro atoms. The van der Waals surface area contributed by atoms with Gasteiger partial charge in [0.15, 0.2) is 0 Å². The van der Waals surface area contributed by atoms with Crippen LogP contribution in [0, 0.1) is 13.8 Å². The summed E-state index contributed by atoms with van der Waals surface area (Å²) in [6.45, 7) is 6.53. The van der Waals surface area contributed by atoms with Gasteiger partial charge in [-0.3, -0.25) is 4.79 Å². The molecule has 0 radical (unpaired) electrons. The van der Waals surface area contributed by atoms with Crippen LogP contribution in [0.3, 0.4) is 0 Å². The number of nitrogens with one attached hydrogen (secondary N) is 1. The van der Waals surface area contributed by atoms with E-state index in [0.29, 0.717) is 24.6 Å². The number of rotatable bonds is 14. The van der Waals surface area contributed by atoms with Crippen LogP contribution in [-0.4, -0.2) is 28.6 Å². The van der Waals surface area contributed by atoms with Crippen molar-refractivity contribution in [3.63, 3.8) is 0 Å². The van der Waals surface area contributed by atoms with E-state index >= 15 is 0 Å². The smallest absolute Gasteiger partial charge is 0.224 e. The number of halogens is 1. The summed E-state index contributed by atoms with van der Waals surface area (Å²) in [5.41, 5.74) is 5.56. The second-order valence-electron chi connectivity index (χ2n) is 9.92. The summed E-state index contributed by atoms with van der Waals surface area (Å²) < 4.78 is 8.40. The fraction of sp³-hybridized carbons (Fsp3) is 0.375. The maximum Gasteiger partial charge on any atom is 0.224 e.